The number of primary amides is 2. The Kier molecular flexibility index (Phi) is 16.1. The van der Waals surface area contributed by atoms with Crippen molar-refractivity contribution in [1.29, 1.82) is 0 Å². The lowest BCUT2D eigenvalue weighted by atomic mass is 10.1. The topological polar surface area (TPSA) is 292 Å². The number of anilines is 2. The highest BCUT2D eigenvalue weighted by Crippen LogP contribution is 2.33. The molecule has 1 aliphatic heterocycles. The normalized spacial score (nSPS) is 13.7. The summed E-state index contributed by atoms with van der Waals surface area (Å²) in [5.74, 6) is -1.75. The number of hydrogen-bond acceptors (Lipinski definition) is 14. The third-order valence-electron chi connectivity index (χ3n) is 11.9. The predicted molar refractivity (Wildman–Crippen MR) is 269 cm³/mol. The summed E-state index contributed by atoms with van der Waals surface area (Å²) in [7, 11) is 3.07. The van der Waals surface area contributed by atoms with Crippen LogP contribution in [0.25, 0.3) is 22.1 Å². The first-order valence-electron chi connectivity index (χ1n) is 23.4. The summed E-state index contributed by atoms with van der Waals surface area (Å²) in [4.78, 5) is 103. The summed E-state index contributed by atoms with van der Waals surface area (Å²) < 4.78 is 18.6. The molecule has 0 bridgehead atoms. The van der Waals surface area contributed by atoms with Gasteiger partial charge in [0.25, 0.3) is 11.8 Å². The third-order valence-corrected chi connectivity index (χ3v) is 13.0. The zero-order valence-electron chi connectivity index (χ0n) is 41.2. The van der Waals surface area contributed by atoms with Crippen molar-refractivity contribution in [3.8, 4) is 11.5 Å². The van der Waals surface area contributed by atoms with Gasteiger partial charge < -0.3 is 35.0 Å². The maximum atomic E-state index is 13.9. The van der Waals surface area contributed by atoms with E-state index in [0.29, 0.717) is 64.6 Å². The molecule has 7 amide bonds. The molecule has 2 aromatic carbocycles. The van der Waals surface area contributed by atoms with Crippen molar-refractivity contribution in [3.63, 3.8) is 0 Å². The van der Waals surface area contributed by atoms with Gasteiger partial charge in [-0.15, -0.1) is 11.8 Å². The van der Waals surface area contributed by atoms with Crippen LogP contribution in [-0.4, -0.2) is 135 Å². The molecule has 7 rings (SSSR count). The number of hydrogen-bond donors (Lipinski definition) is 4. The van der Waals surface area contributed by atoms with Crippen LogP contribution >= 0.6 is 11.8 Å². The van der Waals surface area contributed by atoms with Gasteiger partial charge in [0.2, 0.25) is 41.4 Å². The fourth-order valence-corrected chi connectivity index (χ4v) is 9.34. The summed E-state index contributed by atoms with van der Waals surface area (Å²) in [6.45, 7) is 10.6. The molecule has 6 N–H and O–H groups in total. The van der Waals surface area contributed by atoms with E-state index in [4.69, 9.17) is 25.9 Å². The summed E-state index contributed by atoms with van der Waals surface area (Å²) in [6, 6.07) is 9.31. The Labute approximate surface area is 418 Å². The molecule has 0 saturated carbocycles. The van der Waals surface area contributed by atoms with Crippen LogP contribution in [0.5, 0.6) is 11.5 Å². The Balaban J connectivity index is 1.18. The largest absolute Gasteiger partial charge is 0.494 e. The standard InChI is InChI=1S/C48H58N14O9S/c1-8-61-33(20-27(4)55-61)44(67)53-47-51-31-22-29(42(49)65)24-35(70-7)40(31)59(47)16-11-12-17-60-41-32(52-48(60)54-45(68)34-21-28(5)56-62(34)9-2)23-30(43(50)66)25-36(41)71-19-13-15-57(6)38(63)14-18-58-39(64)26-37(46(58)69)72-10-3/h11-12,20-25,37H,8-10,13-19,26H2,1-7H3,(H2,49,65)(H2,50,66)(H,51,53,67)(H,52,54,68)/b12-11+. The first-order valence-corrected chi connectivity index (χ1v) is 24.4. The molecule has 23 nitrogen and oxygen atoms in total. The van der Waals surface area contributed by atoms with Gasteiger partial charge in [-0.05, 0) is 76.3 Å². The Morgan fingerprint density at radius 3 is 1.79 bits per heavy atom. The average Bonchev–Trinajstić information content (AvgIpc) is 4.16. The fraction of sp³-hybridized carbons (Fsp3) is 0.396. The van der Waals surface area contributed by atoms with Gasteiger partial charge in [-0.1, -0.05) is 19.1 Å². The van der Waals surface area contributed by atoms with Gasteiger partial charge in [-0.2, -0.15) is 10.2 Å². The average molecular weight is 1010 g/mol. The molecule has 24 heteroatoms. The van der Waals surface area contributed by atoms with Crippen LogP contribution in [0, 0.1) is 13.8 Å². The Morgan fingerprint density at radius 2 is 1.31 bits per heavy atom. The molecule has 1 unspecified atom stereocenters. The molecule has 1 aliphatic rings. The maximum absolute atomic E-state index is 13.9. The quantitative estimate of drug-likeness (QED) is 0.0402. The van der Waals surface area contributed by atoms with Crippen molar-refractivity contribution < 1.29 is 43.0 Å². The molecule has 72 heavy (non-hydrogen) atoms. The van der Waals surface area contributed by atoms with Crippen molar-refractivity contribution in [2.45, 2.75) is 85.3 Å². The van der Waals surface area contributed by atoms with Crippen LogP contribution in [0.2, 0.25) is 0 Å². The summed E-state index contributed by atoms with van der Waals surface area (Å²) >= 11 is 1.42. The second kappa shape index (κ2) is 22.4. The van der Waals surface area contributed by atoms with E-state index in [9.17, 15) is 33.6 Å². The number of amides is 7. The number of nitrogens with two attached hydrogens (primary N) is 2. The molecule has 0 spiro atoms. The van der Waals surface area contributed by atoms with Crippen LogP contribution < -0.4 is 31.6 Å². The van der Waals surface area contributed by atoms with E-state index in [2.05, 4.69) is 25.8 Å². The van der Waals surface area contributed by atoms with Gasteiger partial charge in [-0.25, -0.2) is 9.97 Å². The minimum Gasteiger partial charge on any atom is -0.494 e. The van der Waals surface area contributed by atoms with E-state index >= 15 is 0 Å². The number of fused-ring (bicyclic) bond motifs is 2. The van der Waals surface area contributed by atoms with E-state index < -0.39 is 28.9 Å². The predicted octanol–water partition coefficient (Wildman–Crippen LogP) is 3.90. The highest BCUT2D eigenvalue weighted by atomic mass is 32.2. The van der Waals surface area contributed by atoms with Crippen LogP contribution in [-0.2, 0) is 40.6 Å². The van der Waals surface area contributed by atoms with E-state index in [1.54, 1.807) is 63.7 Å². The van der Waals surface area contributed by atoms with Gasteiger partial charge in [0.1, 0.15) is 33.9 Å². The number of methoxy groups -OCH3 is 1. The lowest BCUT2D eigenvalue weighted by Crippen LogP contribution is -2.36. The molecule has 380 valence electrons. The Morgan fingerprint density at radius 1 is 0.792 bits per heavy atom. The zero-order valence-corrected chi connectivity index (χ0v) is 42.0. The van der Waals surface area contributed by atoms with Gasteiger partial charge >= 0.3 is 0 Å². The Bertz CT molecular complexity index is 3130. The number of thioether (sulfide) groups is 1. The summed E-state index contributed by atoms with van der Waals surface area (Å²) in [5.41, 5.74) is 15.1. The Hall–Kier alpha value is -8.02. The monoisotopic (exact) mass is 1010 g/mol. The molecule has 4 aromatic heterocycles. The van der Waals surface area contributed by atoms with Crippen LogP contribution in [0.15, 0.2) is 48.6 Å². The number of nitrogens with zero attached hydrogens (tertiary/aromatic N) is 10. The van der Waals surface area contributed by atoms with Gasteiger partial charge in [0.05, 0.1) is 41.4 Å². The lowest BCUT2D eigenvalue weighted by molar-refractivity contribution is -0.139. The number of aromatic nitrogens is 8. The number of likely N-dealkylation sites (tertiary alicyclic amines) is 1. The molecular weight excluding hydrogens is 949 g/mol. The molecule has 1 fully saturated rings. The second-order valence-corrected chi connectivity index (χ2v) is 18.3. The summed E-state index contributed by atoms with van der Waals surface area (Å²) in [6.07, 6.45) is 4.05. The van der Waals surface area contributed by atoms with Crippen molar-refractivity contribution in [2.24, 2.45) is 11.5 Å². The van der Waals surface area contributed by atoms with E-state index in [1.807, 2.05) is 20.8 Å². The number of nitrogens with one attached hydrogen (secondary N) is 2. The minimum atomic E-state index is -0.743. The van der Waals surface area contributed by atoms with Crippen LogP contribution in [0.1, 0.15) is 93.1 Å². The zero-order chi connectivity index (χ0) is 52.0. The summed E-state index contributed by atoms with van der Waals surface area (Å²) in [5, 5.41) is 14.2. The van der Waals surface area contributed by atoms with Crippen LogP contribution in [0.3, 0.4) is 0 Å². The molecular formula is C48H58N14O9S. The molecule has 5 heterocycles. The van der Waals surface area contributed by atoms with E-state index in [1.165, 1.54) is 48.0 Å². The molecule has 1 saturated heterocycles. The number of benzene rings is 2. The van der Waals surface area contributed by atoms with Crippen LogP contribution in [0.4, 0.5) is 11.9 Å². The van der Waals surface area contributed by atoms with Gasteiger partial charge in [0.15, 0.2) is 0 Å². The second-order valence-electron chi connectivity index (χ2n) is 16.9. The minimum absolute atomic E-state index is 0.00223. The van der Waals surface area contributed by atoms with Crippen molar-refractivity contribution in [1.82, 2.24) is 48.5 Å². The number of aryl methyl sites for hydroxylation is 4. The number of allylic oxidation sites excluding steroid dienone is 2. The van der Waals surface area contributed by atoms with E-state index in [-0.39, 0.29) is 103 Å². The number of carbonyl (C=O) groups excluding carboxylic acids is 7. The lowest BCUT2D eigenvalue weighted by Gasteiger charge is -2.20. The molecule has 0 aliphatic carbocycles. The SMILES string of the molecule is CCSC1CC(=O)N(CCC(=O)N(C)CCCOc2cc(C(N)=O)cc3nc(NC(=O)c4cc(C)nn4CC)n(C/C=C/Cn4c(NC(=O)c5cc(C)nn5CC)nc5cc(C(N)=O)cc(OC)c54)c23)C1=O. The van der Waals surface area contributed by atoms with E-state index in [0.717, 1.165) is 4.90 Å². The van der Waals surface area contributed by atoms with Gasteiger partial charge in [0, 0.05) is 70.3 Å². The van der Waals surface area contributed by atoms with Gasteiger partial charge in [-0.3, -0.25) is 58.5 Å². The third kappa shape index (κ3) is 11.1. The first kappa shape index (κ1) is 51.8. The highest BCUT2D eigenvalue weighted by Gasteiger charge is 2.38. The number of imidazole rings is 2. The smallest absolute Gasteiger partial charge is 0.276 e. The number of ether oxygens (including phenoxy) is 2. The van der Waals surface area contributed by atoms with Crippen molar-refractivity contribution in [2.75, 3.05) is 50.2 Å². The number of rotatable bonds is 23. The molecule has 0 radical (unpaired) electrons. The fourth-order valence-electron chi connectivity index (χ4n) is 8.41. The maximum Gasteiger partial charge on any atom is 0.276 e. The highest BCUT2D eigenvalue weighted by molar-refractivity contribution is 8.00. The van der Waals surface area contributed by atoms with Crippen molar-refractivity contribution in [3.05, 3.63) is 82.5 Å². The number of imide groups is 1. The van der Waals surface area contributed by atoms with Crippen molar-refractivity contribution >= 4 is 87.1 Å². The molecule has 1 atom stereocenters. The molecule has 6 aromatic rings. The number of carbonyl (C=O) groups is 7. The first-order chi connectivity index (χ1) is 34.5.